The van der Waals surface area contributed by atoms with Gasteiger partial charge in [-0.25, -0.2) is 0 Å². The van der Waals surface area contributed by atoms with Crippen molar-refractivity contribution in [1.82, 2.24) is 0 Å². The van der Waals surface area contributed by atoms with Gasteiger partial charge in [-0.1, -0.05) is 27.7 Å². The maximum atomic E-state index is 11.0. The Morgan fingerprint density at radius 2 is 1.19 bits per heavy atom. The third-order valence-electron chi connectivity index (χ3n) is 11.2. The number of carbonyl (C=O) groups excluding carboxylic acids is 1. The molecule has 212 valence electrons. The summed E-state index contributed by atoms with van der Waals surface area (Å²) in [6.45, 7) is 19.4. The van der Waals surface area contributed by atoms with Crippen molar-refractivity contribution in [1.29, 1.82) is 0 Å². The normalized spacial score (nSPS) is 46.3. The van der Waals surface area contributed by atoms with Crippen LogP contribution in [0.4, 0.5) is 0 Å². The van der Waals surface area contributed by atoms with Crippen LogP contribution in [0.3, 0.4) is 0 Å². The highest BCUT2D eigenvalue weighted by molar-refractivity contribution is 5.65. The number of ether oxygens (including phenoxy) is 5. The maximum Gasteiger partial charge on any atom is 0.302 e. The van der Waals surface area contributed by atoms with Crippen LogP contribution in [0.1, 0.15) is 101 Å². The summed E-state index contributed by atoms with van der Waals surface area (Å²) in [5, 5.41) is 9.40. The first-order valence-electron chi connectivity index (χ1n) is 14.5. The fourth-order valence-corrected chi connectivity index (χ4v) is 9.37. The zero-order valence-electron chi connectivity index (χ0n) is 24.5. The van der Waals surface area contributed by atoms with E-state index < -0.39 is 11.6 Å². The van der Waals surface area contributed by atoms with Gasteiger partial charge in [0.05, 0.1) is 18.8 Å². The van der Waals surface area contributed by atoms with E-state index in [0.29, 0.717) is 35.7 Å². The maximum absolute atomic E-state index is 11.0. The zero-order chi connectivity index (χ0) is 27.2. The summed E-state index contributed by atoms with van der Waals surface area (Å²) in [6, 6.07) is 0. The Labute approximate surface area is 223 Å². The van der Waals surface area contributed by atoms with Gasteiger partial charge in [-0.3, -0.25) is 4.79 Å². The van der Waals surface area contributed by atoms with Crippen LogP contribution < -0.4 is 0 Å². The van der Waals surface area contributed by atoms with Gasteiger partial charge in [0.25, 0.3) is 0 Å². The van der Waals surface area contributed by atoms with E-state index in [9.17, 15) is 9.90 Å². The van der Waals surface area contributed by atoms with Crippen molar-refractivity contribution in [2.24, 2.45) is 34.5 Å². The number of carbonyl (C=O) groups is 1. The van der Waals surface area contributed by atoms with Crippen LogP contribution in [-0.4, -0.2) is 59.3 Å². The van der Waals surface area contributed by atoms with E-state index in [1.165, 1.54) is 19.8 Å². The molecule has 37 heavy (non-hydrogen) atoms. The van der Waals surface area contributed by atoms with Gasteiger partial charge in [0, 0.05) is 26.4 Å². The second kappa shape index (κ2) is 8.63. The van der Waals surface area contributed by atoms with Crippen molar-refractivity contribution < 1.29 is 33.6 Å². The Morgan fingerprint density at radius 1 is 0.757 bits per heavy atom. The lowest BCUT2D eigenvalue weighted by atomic mass is 9.43. The van der Waals surface area contributed by atoms with Crippen molar-refractivity contribution in [2.75, 3.05) is 13.2 Å². The second-order valence-corrected chi connectivity index (χ2v) is 14.8. The van der Waals surface area contributed by atoms with Gasteiger partial charge in [-0.05, 0) is 87.9 Å². The minimum atomic E-state index is -0.533. The van der Waals surface area contributed by atoms with Crippen molar-refractivity contribution in [3.8, 4) is 0 Å². The first-order valence-corrected chi connectivity index (χ1v) is 14.5. The van der Waals surface area contributed by atoms with Crippen LogP contribution in [0.15, 0.2) is 0 Å². The largest absolute Gasteiger partial charge is 0.466 e. The van der Waals surface area contributed by atoms with Crippen LogP contribution in [-0.2, 0) is 28.5 Å². The minimum absolute atomic E-state index is 0.143. The molecule has 0 amide bonds. The molecule has 6 saturated carbocycles. The Morgan fingerprint density at radius 3 is 1.57 bits per heavy atom. The summed E-state index contributed by atoms with van der Waals surface area (Å²) in [5.41, 5.74) is 0.125. The molecule has 7 heteroatoms. The molecule has 0 aromatic rings. The monoisotopic (exact) mass is 522 g/mol. The first kappa shape index (κ1) is 27.8. The lowest BCUT2D eigenvalue weighted by molar-refractivity contribution is -0.235. The van der Waals surface area contributed by atoms with E-state index >= 15 is 0 Å². The predicted octanol–water partition coefficient (Wildman–Crippen LogP) is 5.22. The molecule has 8 atom stereocenters. The Bertz CT molecular complexity index is 910. The number of hydrogen-bond donors (Lipinski definition) is 1. The molecule has 8 fully saturated rings. The molecule has 8 rings (SSSR count). The highest BCUT2D eigenvalue weighted by Crippen LogP contribution is 2.69. The number of aliphatic hydroxyl groups excluding tert-OH is 1. The summed E-state index contributed by atoms with van der Waals surface area (Å²) in [6.07, 6.45) is 6.38. The van der Waals surface area contributed by atoms with Crippen molar-refractivity contribution in [3.05, 3.63) is 0 Å². The molecule has 0 aromatic heterocycles. The summed E-state index contributed by atoms with van der Waals surface area (Å²) in [7, 11) is 0. The molecule has 2 heterocycles. The fraction of sp³-hybridized carbons (Fsp3) is 0.967. The lowest BCUT2D eigenvalue weighted by Crippen LogP contribution is -2.67. The second-order valence-electron chi connectivity index (χ2n) is 14.8. The predicted molar refractivity (Wildman–Crippen MR) is 138 cm³/mol. The molecular weight excluding hydrogens is 472 g/mol. The highest BCUT2D eigenvalue weighted by Gasteiger charge is 2.71. The molecule has 7 nitrogen and oxygen atoms in total. The van der Waals surface area contributed by atoms with Gasteiger partial charge in [-0.15, -0.1) is 0 Å². The van der Waals surface area contributed by atoms with E-state index in [4.69, 9.17) is 23.7 Å². The summed E-state index contributed by atoms with van der Waals surface area (Å²) in [5.74, 6) is 1.28. The highest BCUT2D eigenvalue weighted by atomic mass is 16.8. The molecule has 2 saturated heterocycles. The van der Waals surface area contributed by atoms with E-state index in [2.05, 4.69) is 27.7 Å². The van der Waals surface area contributed by atoms with Crippen LogP contribution in [0, 0.1) is 34.5 Å². The molecule has 6 aliphatic carbocycles. The van der Waals surface area contributed by atoms with Crippen LogP contribution in [0.2, 0.25) is 0 Å². The molecule has 0 aromatic carbocycles. The molecule has 1 N–H and O–H groups in total. The fourth-order valence-electron chi connectivity index (χ4n) is 9.37. The summed E-state index contributed by atoms with van der Waals surface area (Å²) in [4.78, 5) is 11.0. The van der Waals surface area contributed by atoms with Crippen molar-refractivity contribution in [3.63, 3.8) is 0 Å². The number of rotatable bonds is 5. The number of hydrogen-bond acceptors (Lipinski definition) is 7. The summed E-state index contributed by atoms with van der Waals surface area (Å²) < 4.78 is 30.1. The number of aliphatic hydroxyl groups is 1. The molecule has 8 aliphatic rings. The molecule has 0 radical (unpaired) electrons. The molecular formula is C30H50O7. The van der Waals surface area contributed by atoms with Gasteiger partial charge < -0.3 is 28.8 Å². The molecule has 2 aliphatic heterocycles. The van der Waals surface area contributed by atoms with E-state index in [1.54, 1.807) is 0 Å². The Balaban J connectivity index is 0.000000153. The zero-order valence-corrected chi connectivity index (χ0v) is 24.5. The van der Waals surface area contributed by atoms with Crippen LogP contribution >= 0.6 is 0 Å². The third-order valence-corrected chi connectivity index (χ3v) is 11.2. The Kier molecular flexibility index (Phi) is 6.49. The minimum Gasteiger partial charge on any atom is -0.466 e. The van der Waals surface area contributed by atoms with Crippen LogP contribution in [0.5, 0.6) is 0 Å². The average Bonchev–Trinajstić information content (AvgIpc) is 3.20. The topological polar surface area (TPSA) is 83.5 Å². The molecule has 4 bridgehead atoms. The van der Waals surface area contributed by atoms with Crippen molar-refractivity contribution >= 4 is 5.97 Å². The van der Waals surface area contributed by atoms with Crippen molar-refractivity contribution in [2.45, 2.75) is 136 Å². The van der Waals surface area contributed by atoms with E-state index in [-0.39, 0.29) is 36.0 Å². The van der Waals surface area contributed by atoms with Gasteiger partial charge in [0.1, 0.15) is 11.2 Å². The Hall–Kier alpha value is -0.730. The molecule has 6 unspecified atom stereocenters. The van der Waals surface area contributed by atoms with Gasteiger partial charge in [0.15, 0.2) is 11.6 Å². The van der Waals surface area contributed by atoms with Crippen LogP contribution in [0.25, 0.3) is 0 Å². The summed E-state index contributed by atoms with van der Waals surface area (Å²) >= 11 is 0. The molecule has 0 spiro atoms. The van der Waals surface area contributed by atoms with Gasteiger partial charge in [0.2, 0.25) is 0 Å². The lowest BCUT2D eigenvalue weighted by Gasteiger charge is -2.64. The smallest absolute Gasteiger partial charge is 0.302 e. The number of esters is 1. The van der Waals surface area contributed by atoms with Gasteiger partial charge in [-0.2, -0.15) is 0 Å². The van der Waals surface area contributed by atoms with E-state index in [1.807, 2.05) is 27.7 Å². The SMILES string of the molecule is CC(=O)OCC[C@]12OC(C)(C)OC1CC1CC2C1(C)C.CC1(C)OC2CC3CC(C3(C)C)[C@@]2(CCO)O1. The van der Waals surface area contributed by atoms with E-state index in [0.717, 1.165) is 31.1 Å². The quantitative estimate of drug-likeness (QED) is 0.496. The first-order chi connectivity index (χ1) is 17.0. The van der Waals surface area contributed by atoms with Gasteiger partial charge >= 0.3 is 5.97 Å². The third kappa shape index (κ3) is 4.21. The standard InChI is InChI=1S/C16H26O4.C14H24O3/c1-10(17)18-7-6-16-12-8-11(14(12,2)3)9-13(16)19-15(4,5)20-16;1-12(2)9-7-10(12)14(5-6-15)11(8-9)16-13(3,4)17-14/h11-13H,6-9H2,1-5H3;9-11,15H,5-8H2,1-4H3/t11?,12?,13?,16-;9?,10?,11?,14-/m11/s1. The average molecular weight is 523 g/mol.